The number of ether oxygens (including phenoxy) is 1. The van der Waals surface area contributed by atoms with Gasteiger partial charge < -0.3 is 14.7 Å². The number of nitrogens with zero attached hydrogens (tertiary/aromatic N) is 1. The number of rotatable bonds is 3. The molecule has 5 heteroatoms. The fourth-order valence-corrected chi connectivity index (χ4v) is 2.14. The number of phenolic OH excluding ortho intramolecular Hbond substituents is 1. The van der Waals surface area contributed by atoms with Crippen LogP contribution in [0.2, 0.25) is 0 Å². The molecular weight excluding hydrogens is 322 g/mol. The summed E-state index contributed by atoms with van der Waals surface area (Å²) in [5, 5.41) is 9.84. The number of benzene rings is 2. The minimum Gasteiger partial charge on any atom is -0.507 e. The molecule has 1 N–H and O–H groups in total. The quantitative estimate of drug-likeness (QED) is 0.934. The first-order chi connectivity index (χ1) is 9.52. The molecule has 0 unspecified atom stereocenters. The summed E-state index contributed by atoms with van der Waals surface area (Å²) < 4.78 is 5.80. The van der Waals surface area contributed by atoms with E-state index in [2.05, 4.69) is 15.9 Å². The Morgan fingerprint density at radius 3 is 2.40 bits per heavy atom. The normalized spacial score (nSPS) is 10.2. The van der Waals surface area contributed by atoms with Gasteiger partial charge in [-0.3, -0.25) is 4.79 Å². The van der Waals surface area contributed by atoms with Crippen molar-refractivity contribution in [2.45, 2.75) is 0 Å². The number of aromatic hydroxyl groups is 1. The van der Waals surface area contributed by atoms with Crippen molar-refractivity contribution >= 4 is 27.5 Å². The molecule has 2 aromatic carbocycles. The molecule has 0 spiro atoms. The predicted molar refractivity (Wildman–Crippen MR) is 81.5 cm³/mol. The molecule has 0 atom stereocenters. The molecule has 0 heterocycles. The maximum absolute atomic E-state index is 12.4. The van der Waals surface area contributed by atoms with Gasteiger partial charge in [0.2, 0.25) is 0 Å². The third-order valence-corrected chi connectivity index (χ3v) is 3.45. The Labute approximate surface area is 125 Å². The van der Waals surface area contributed by atoms with Gasteiger partial charge in [0, 0.05) is 17.2 Å². The lowest BCUT2D eigenvalue weighted by Gasteiger charge is -2.18. The summed E-state index contributed by atoms with van der Waals surface area (Å²) in [5.41, 5.74) is 0.977. The molecule has 104 valence electrons. The van der Waals surface area contributed by atoms with Gasteiger partial charge in [0.1, 0.15) is 11.5 Å². The van der Waals surface area contributed by atoms with Crippen molar-refractivity contribution in [3.05, 3.63) is 52.5 Å². The Bertz CT molecular complexity index is 626. The number of halogens is 1. The summed E-state index contributed by atoms with van der Waals surface area (Å²) in [4.78, 5) is 13.8. The van der Waals surface area contributed by atoms with Crippen molar-refractivity contribution in [3.63, 3.8) is 0 Å². The van der Waals surface area contributed by atoms with Crippen LogP contribution in [-0.4, -0.2) is 25.2 Å². The lowest BCUT2D eigenvalue weighted by molar-refractivity contribution is 0.0990. The molecule has 4 nitrogen and oxygen atoms in total. The van der Waals surface area contributed by atoms with Gasteiger partial charge in [0.15, 0.2) is 0 Å². The summed E-state index contributed by atoms with van der Waals surface area (Å²) in [6.07, 6.45) is 0. The zero-order valence-electron chi connectivity index (χ0n) is 11.1. The van der Waals surface area contributed by atoms with Crippen LogP contribution in [0, 0.1) is 0 Å². The van der Waals surface area contributed by atoms with E-state index in [9.17, 15) is 9.90 Å². The standard InChI is InChI=1S/C15H14BrNO3/c1-17(11-4-6-12(20-2)7-5-11)15(19)13-8-3-10(16)9-14(13)18/h3-9,18H,1-2H3. The molecule has 1 amide bonds. The number of methoxy groups -OCH3 is 1. The summed E-state index contributed by atoms with van der Waals surface area (Å²) in [6.45, 7) is 0. The van der Waals surface area contributed by atoms with Crippen LogP contribution in [0.3, 0.4) is 0 Å². The average molecular weight is 336 g/mol. The number of carbonyl (C=O) groups is 1. The molecule has 2 aromatic rings. The van der Waals surface area contributed by atoms with E-state index in [0.717, 1.165) is 15.9 Å². The van der Waals surface area contributed by atoms with E-state index in [1.807, 2.05) is 0 Å². The number of anilines is 1. The minimum absolute atomic E-state index is 0.0512. The van der Waals surface area contributed by atoms with E-state index >= 15 is 0 Å². The number of hydrogen-bond acceptors (Lipinski definition) is 3. The predicted octanol–water partition coefficient (Wildman–Crippen LogP) is 3.44. The summed E-state index contributed by atoms with van der Waals surface area (Å²) in [6, 6.07) is 11.9. The highest BCUT2D eigenvalue weighted by Gasteiger charge is 2.17. The van der Waals surface area contributed by atoms with Crippen LogP contribution < -0.4 is 9.64 Å². The van der Waals surface area contributed by atoms with E-state index in [4.69, 9.17) is 4.74 Å². The van der Waals surface area contributed by atoms with Crippen molar-refractivity contribution in [2.75, 3.05) is 19.1 Å². The highest BCUT2D eigenvalue weighted by molar-refractivity contribution is 9.10. The van der Waals surface area contributed by atoms with Crippen LogP contribution in [0.1, 0.15) is 10.4 Å². The van der Waals surface area contributed by atoms with Crippen LogP contribution >= 0.6 is 15.9 Å². The second-order valence-corrected chi connectivity index (χ2v) is 5.14. The fraction of sp³-hybridized carbons (Fsp3) is 0.133. The molecule has 20 heavy (non-hydrogen) atoms. The third kappa shape index (κ3) is 2.93. The highest BCUT2D eigenvalue weighted by Crippen LogP contribution is 2.26. The Morgan fingerprint density at radius 1 is 1.20 bits per heavy atom. The number of carbonyl (C=O) groups excluding carboxylic acids is 1. The molecule has 2 rings (SSSR count). The van der Waals surface area contributed by atoms with Crippen LogP contribution in [0.15, 0.2) is 46.9 Å². The van der Waals surface area contributed by atoms with Gasteiger partial charge in [-0.2, -0.15) is 0 Å². The summed E-state index contributed by atoms with van der Waals surface area (Å²) in [7, 11) is 3.25. The van der Waals surface area contributed by atoms with E-state index in [1.165, 1.54) is 11.0 Å². The molecule has 0 saturated carbocycles. The molecule has 0 radical (unpaired) electrons. The smallest absolute Gasteiger partial charge is 0.261 e. The first-order valence-corrected chi connectivity index (χ1v) is 6.73. The molecule has 0 bridgehead atoms. The molecule has 0 saturated heterocycles. The van der Waals surface area contributed by atoms with Crippen molar-refractivity contribution < 1.29 is 14.6 Å². The molecule has 0 aromatic heterocycles. The number of phenols is 1. The second-order valence-electron chi connectivity index (χ2n) is 4.22. The molecular formula is C15H14BrNO3. The molecule has 0 aliphatic carbocycles. The SMILES string of the molecule is COc1ccc(N(C)C(=O)c2ccc(Br)cc2O)cc1. The second kappa shape index (κ2) is 5.96. The Hall–Kier alpha value is -2.01. The van der Waals surface area contributed by atoms with Gasteiger partial charge in [-0.25, -0.2) is 0 Å². The summed E-state index contributed by atoms with van der Waals surface area (Å²) >= 11 is 3.24. The van der Waals surface area contributed by atoms with Gasteiger partial charge >= 0.3 is 0 Å². The van der Waals surface area contributed by atoms with Crippen molar-refractivity contribution in [1.29, 1.82) is 0 Å². The zero-order chi connectivity index (χ0) is 14.7. The fourth-order valence-electron chi connectivity index (χ4n) is 1.79. The zero-order valence-corrected chi connectivity index (χ0v) is 12.7. The van der Waals surface area contributed by atoms with Gasteiger partial charge in [0.25, 0.3) is 5.91 Å². The van der Waals surface area contributed by atoms with Gasteiger partial charge in [-0.15, -0.1) is 0 Å². The summed E-state index contributed by atoms with van der Waals surface area (Å²) in [5.74, 6) is 0.394. The first kappa shape index (κ1) is 14.4. The van der Waals surface area contributed by atoms with Crippen molar-refractivity contribution in [1.82, 2.24) is 0 Å². The topological polar surface area (TPSA) is 49.8 Å². The van der Waals surface area contributed by atoms with E-state index in [0.29, 0.717) is 0 Å². The van der Waals surface area contributed by atoms with Crippen LogP contribution in [-0.2, 0) is 0 Å². The lowest BCUT2D eigenvalue weighted by Crippen LogP contribution is -2.26. The minimum atomic E-state index is -0.278. The third-order valence-electron chi connectivity index (χ3n) is 2.95. The van der Waals surface area contributed by atoms with E-state index in [1.54, 1.807) is 50.6 Å². The Kier molecular flexibility index (Phi) is 4.29. The Balaban J connectivity index is 2.27. The monoisotopic (exact) mass is 335 g/mol. The van der Waals surface area contributed by atoms with Crippen molar-refractivity contribution in [2.24, 2.45) is 0 Å². The van der Waals surface area contributed by atoms with Crippen LogP contribution in [0.4, 0.5) is 5.69 Å². The number of amides is 1. The van der Waals surface area contributed by atoms with E-state index in [-0.39, 0.29) is 17.2 Å². The molecule has 0 aliphatic rings. The Morgan fingerprint density at radius 2 is 1.85 bits per heavy atom. The van der Waals surface area contributed by atoms with Gasteiger partial charge in [0.05, 0.1) is 12.7 Å². The largest absolute Gasteiger partial charge is 0.507 e. The average Bonchev–Trinajstić information content (AvgIpc) is 2.46. The first-order valence-electron chi connectivity index (χ1n) is 5.93. The maximum Gasteiger partial charge on any atom is 0.261 e. The lowest BCUT2D eigenvalue weighted by atomic mass is 10.1. The van der Waals surface area contributed by atoms with Crippen LogP contribution in [0.5, 0.6) is 11.5 Å². The van der Waals surface area contributed by atoms with E-state index < -0.39 is 0 Å². The maximum atomic E-state index is 12.4. The molecule has 0 aliphatic heterocycles. The van der Waals surface area contributed by atoms with Gasteiger partial charge in [-0.1, -0.05) is 15.9 Å². The highest BCUT2D eigenvalue weighted by atomic mass is 79.9. The van der Waals surface area contributed by atoms with Crippen molar-refractivity contribution in [3.8, 4) is 11.5 Å². The van der Waals surface area contributed by atoms with Gasteiger partial charge in [-0.05, 0) is 42.5 Å². The molecule has 0 fully saturated rings. The number of hydrogen-bond donors (Lipinski definition) is 1. The van der Waals surface area contributed by atoms with Crippen LogP contribution in [0.25, 0.3) is 0 Å².